The summed E-state index contributed by atoms with van der Waals surface area (Å²) in [4.78, 5) is 13.3. The second-order valence-corrected chi connectivity index (χ2v) is 6.22. The lowest BCUT2D eigenvalue weighted by molar-refractivity contribution is 0.0942. The molecule has 0 atom stereocenters. The standard InChI is InChI=1S/C14H18N4O2S/c15-11-10-4-6-17-18-14(10)21-12(11)13(19)16-5-1-7-20-8-9-2-3-9/h4,6,9H,1-3,5,7-8,15H2,(H,16,19). The highest BCUT2D eigenvalue weighted by atomic mass is 32.1. The van der Waals surface area contributed by atoms with Crippen molar-refractivity contribution in [1.82, 2.24) is 15.5 Å². The van der Waals surface area contributed by atoms with Gasteiger partial charge in [-0.05, 0) is 31.2 Å². The Kier molecular flexibility index (Phi) is 4.31. The normalized spacial score (nSPS) is 14.5. The Morgan fingerprint density at radius 2 is 2.38 bits per heavy atom. The van der Waals surface area contributed by atoms with Gasteiger partial charge in [0.15, 0.2) is 0 Å². The molecule has 2 aromatic rings. The first-order valence-electron chi connectivity index (χ1n) is 7.11. The van der Waals surface area contributed by atoms with Crippen molar-refractivity contribution >= 4 is 33.1 Å². The molecule has 0 bridgehead atoms. The number of carbonyl (C=O) groups excluding carboxylic acids is 1. The number of nitrogens with one attached hydrogen (secondary N) is 1. The van der Waals surface area contributed by atoms with E-state index in [1.54, 1.807) is 12.3 Å². The van der Waals surface area contributed by atoms with Gasteiger partial charge < -0.3 is 15.8 Å². The third kappa shape index (κ3) is 3.48. The predicted octanol–water partition coefficient (Wildman–Crippen LogP) is 1.82. The van der Waals surface area contributed by atoms with Crippen LogP contribution in [0.3, 0.4) is 0 Å². The summed E-state index contributed by atoms with van der Waals surface area (Å²) in [7, 11) is 0. The first-order chi connectivity index (χ1) is 10.3. The number of fused-ring (bicyclic) bond motifs is 1. The van der Waals surface area contributed by atoms with Crippen molar-refractivity contribution in [3.8, 4) is 0 Å². The van der Waals surface area contributed by atoms with Crippen LogP contribution in [0.1, 0.15) is 28.9 Å². The average molecular weight is 306 g/mol. The van der Waals surface area contributed by atoms with Crippen molar-refractivity contribution in [3.05, 3.63) is 17.1 Å². The van der Waals surface area contributed by atoms with Gasteiger partial charge in [0, 0.05) is 25.1 Å². The fourth-order valence-corrected chi connectivity index (χ4v) is 2.99. The fourth-order valence-electron chi connectivity index (χ4n) is 2.03. The third-order valence-electron chi connectivity index (χ3n) is 3.43. The van der Waals surface area contributed by atoms with E-state index in [4.69, 9.17) is 10.5 Å². The van der Waals surface area contributed by atoms with Crippen molar-refractivity contribution in [3.63, 3.8) is 0 Å². The van der Waals surface area contributed by atoms with Crippen molar-refractivity contribution in [2.75, 3.05) is 25.5 Å². The Labute approximate surface area is 126 Å². The molecular formula is C14H18N4O2S. The van der Waals surface area contributed by atoms with E-state index in [0.717, 1.165) is 24.3 Å². The van der Waals surface area contributed by atoms with Crippen LogP contribution in [0, 0.1) is 5.92 Å². The molecule has 1 aliphatic carbocycles. The van der Waals surface area contributed by atoms with Gasteiger partial charge in [-0.1, -0.05) is 0 Å². The third-order valence-corrected chi connectivity index (χ3v) is 4.53. The van der Waals surface area contributed by atoms with Crippen LogP contribution in [-0.2, 0) is 4.74 Å². The van der Waals surface area contributed by atoms with Crippen LogP contribution in [0.4, 0.5) is 5.69 Å². The highest BCUT2D eigenvalue weighted by molar-refractivity contribution is 7.21. The lowest BCUT2D eigenvalue weighted by atomic mass is 10.3. The van der Waals surface area contributed by atoms with Crippen molar-refractivity contribution in [2.45, 2.75) is 19.3 Å². The average Bonchev–Trinajstić information content (AvgIpc) is 3.26. The Bertz CT molecular complexity index is 639. The van der Waals surface area contributed by atoms with E-state index in [9.17, 15) is 4.79 Å². The number of ether oxygens (including phenoxy) is 1. The van der Waals surface area contributed by atoms with Gasteiger partial charge >= 0.3 is 0 Å². The van der Waals surface area contributed by atoms with Crippen LogP contribution in [0.2, 0.25) is 0 Å². The molecular weight excluding hydrogens is 288 g/mol. The number of nitrogen functional groups attached to an aromatic ring is 1. The summed E-state index contributed by atoms with van der Waals surface area (Å²) in [5.74, 6) is 0.622. The maximum Gasteiger partial charge on any atom is 0.263 e. The van der Waals surface area contributed by atoms with E-state index in [2.05, 4.69) is 15.5 Å². The number of amides is 1. The van der Waals surface area contributed by atoms with Crippen LogP contribution in [0.5, 0.6) is 0 Å². The SMILES string of the molecule is Nc1c(C(=O)NCCCOCC2CC2)sc2nnccc12. The number of aromatic nitrogens is 2. The minimum Gasteiger partial charge on any atom is -0.397 e. The van der Waals surface area contributed by atoms with E-state index in [1.807, 2.05) is 0 Å². The van der Waals surface area contributed by atoms with Crippen LogP contribution < -0.4 is 11.1 Å². The molecule has 0 spiro atoms. The Morgan fingerprint density at radius 3 is 3.14 bits per heavy atom. The molecule has 0 radical (unpaired) electrons. The molecule has 112 valence electrons. The highest BCUT2D eigenvalue weighted by Crippen LogP contribution is 2.31. The van der Waals surface area contributed by atoms with Crippen LogP contribution in [-0.4, -0.2) is 35.9 Å². The summed E-state index contributed by atoms with van der Waals surface area (Å²) >= 11 is 1.27. The quantitative estimate of drug-likeness (QED) is 0.762. The number of thiophene rings is 1. The van der Waals surface area contributed by atoms with Gasteiger partial charge in [-0.25, -0.2) is 0 Å². The zero-order valence-electron chi connectivity index (χ0n) is 11.7. The van der Waals surface area contributed by atoms with Gasteiger partial charge in [0.05, 0.1) is 11.9 Å². The minimum atomic E-state index is -0.155. The lowest BCUT2D eigenvalue weighted by Crippen LogP contribution is -2.25. The molecule has 3 rings (SSSR count). The number of hydrogen-bond acceptors (Lipinski definition) is 6. The lowest BCUT2D eigenvalue weighted by Gasteiger charge is -2.05. The zero-order chi connectivity index (χ0) is 14.7. The molecule has 1 saturated carbocycles. The molecule has 2 heterocycles. The van der Waals surface area contributed by atoms with Gasteiger partial charge in [-0.15, -0.1) is 16.4 Å². The van der Waals surface area contributed by atoms with Crippen molar-refractivity contribution in [2.24, 2.45) is 5.92 Å². The first kappa shape index (κ1) is 14.2. The zero-order valence-corrected chi connectivity index (χ0v) is 12.5. The molecule has 21 heavy (non-hydrogen) atoms. The largest absolute Gasteiger partial charge is 0.397 e. The number of anilines is 1. The second kappa shape index (κ2) is 6.36. The fraction of sp³-hybridized carbons (Fsp3) is 0.500. The van der Waals surface area contributed by atoms with E-state index >= 15 is 0 Å². The number of hydrogen-bond donors (Lipinski definition) is 2. The molecule has 1 fully saturated rings. The van der Waals surface area contributed by atoms with Gasteiger partial charge in [-0.3, -0.25) is 4.79 Å². The summed E-state index contributed by atoms with van der Waals surface area (Å²) in [6.45, 7) is 2.13. The van der Waals surface area contributed by atoms with Crippen LogP contribution in [0.25, 0.3) is 10.2 Å². The van der Waals surface area contributed by atoms with Gasteiger partial charge in [0.25, 0.3) is 5.91 Å². The molecule has 1 amide bonds. The Hall–Kier alpha value is -1.73. The topological polar surface area (TPSA) is 90.1 Å². The number of nitrogens with two attached hydrogens (primary N) is 1. The summed E-state index contributed by atoms with van der Waals surface area (Å²) in [6, 6.07) is 1.77. The maximum absolute atomic E-state index is 12.1. The van der Waals surface area contributed by atoms with E-state index < -0.39 is 0 Å². The monoisotopic (exact) mass is 306 g/mol. The smallest absolute Gasteiger partial charge is 0.263 e. The van der Waals surface area contributed by atoms with E-state index in [0.29, 0.717) is 28.5 Å². The maximum atomic E-state index is 12.1. The molecule has 7 heteroatoms. The number of carbonyl (C=O) groups is 1. The Balaban J connectivity index is 1.48. The van der Waals surface area contributed by atoms with Crippen molar-refractivity contribution in [1.29, 1.82) is 0 Å². The van der Waals surface area contributed by atoms with Gasteiger partial charge in [-0.2, -0.15) is 5.10 Å². The molecule has 0 unspecified atom stereocenters. The number of rotatable bonds is 7. The van der Waals surface area contributed by atoms with Gasteiger partial charge in [0.1, 0.15) is 9.71 Å². The van der Waals surface area contributed by atoms with Gasteiger partial charge in [0.2, 0.25) is 0 Å². The highest BCUT2D eigenvalue weighted by Gasteiger charge is 2.21. The molecule has 6 nitrogen and oxygen atoms in total. The molecule has 0 aliphatic heterocycles. The van der Waals surface area contributed by atoms with Crippen LogP contribution in [0.15, 0.2) is 12.3 Å². The molecule has 3 N–H and O–H groups in total. The summed E-state index contributed by atoms with van der Waals surface area (Å²) in [6.07, 6.45) is 4.98. The summed E-state index contributed by atoms with van der Waals surface area (Å²) in [5, 5.41) is 11.4. The summed E-state index contributed by atoms with van der Waals surface area (Å²) in [5.41, 5.74) is 6.47. The van der Waals surface area contributed by atoms with Crippen LogP contribution >= 0.6 is 11.3 Å². The van der Waals surface area contributed by atoms with Crippen molar-refractivity contribution < 1.29 is 9.53 Å². The molecule has 2 aromatic heterocycles. The predicted molar refractivity (Wildman–Crippen MR) is 82.3 cm³/mol. The van der Waals surface area contributed by atoms with E-state index in [1.165, 1.54) is 24.2 Å². The minimum absolute atomic E-state index is 0.155. The number of nitrogens with zero attached hydrogens (tertiary/aromatic N) is 2. The first-order valence-corrected chi connectivity index (χ1v) is 7.93. The Morgan fingerprint density at radius 1 is 1.52 bits per heavy atom. The second-order valence-electron chi connectivity index (χ2n) is 5.22. The van der Waals surface area contributed by atoms with E-state index in [-0.39, 0.29) is 5.91 Å². The molecule has 1 aliphatic rings. The molecule has 0 saturated heterocycles. The summed E-state index contributed by atoms with van der Waals surface area (Å²) < 4.78 is 5.53. The molecule has 0 aromatic carbocycles.